The molecule has 1 nitrogen and oxygen atoms in total. The van der Waals surface area contributed by atoms with Gasteiger partial charge in [-0.1, -0.05) is 20.8 Å². The van der Waals surface area contributed by atoms with E-state index in [0.717, 1.165) is 0 Å². The van der Waals surface area contributed by atoms with Gasteiger partial charge < -0.3 is 4.57 Å². The Labute approximate surface area is 136 Å². The molecule has 1 heterocycles. The van der Waals surface area contributed by atoms with Gasteiger partial charge in [-0.15, -0.1) is 0 Å². The van der Waals surface area contributed by atoms with Gasteiger partial charge in [0.05, 0.1) is 5.52 Å². The molecule has 0 aliphatic heterocycles. The van der Waals surface area contributed by atoms with Crippen LogP contribution in [0.15, 0.2) is 0 Å². The van der Waals surface area contributed by atoms with Gasteiger partial charge in [0.2, 0.25) is 0 Å². The number of benzene rings is 1. The summed E-state index contributed by atoms with van der Waals surface area (Å²) in [4.78, 5) is 0. The lowest BCUT2D eigenvalue weighted by atomic mass is 9.75. The van der Waals surface area contributed by atoms with Crippen molar-refractivity contribution in [3.8, 4) is 0 Å². The van der Waals surface area contributed by atoms with E-state index in [1.807, 2.05) is 0 Å². The van der Waals surface area contributed by atoms with Crippen LogP contribution >= 0.6 is 0 Å². The Hall–Kier alpha value is -1.24. The Morgan fingerprint density at radius 2 is 1.05 bits per heavy atom. The Morgan fingerprint density at radius 1 is 0.591 bits per heavy atom. The fraction of sp³-hybridized carbons (Fsp3) is 0.619. The smallest absolute Gasteiger partial charge is 0.0525 e. The molecule has 0 aliphatic carbocycles. The largest absolute Gasteiger partial charge is 0.338 e. The molecular weight excluding hydrogens is 266 g/mol. The predicted octanol–water partition coefficient (Wildman–Crippen LogP) is 6.27. The van der Waals surface area contributed by atoms with Crippen molar-refractivity contribution in [2.45, 2.75) is 81.7 Å². The monoisotopic (exact) mass is 299 g/mol. The minimum Gasteiger partial charge on any atom is -0.338 e. The second-order valence-electron chi connectivity index (χ2n) is 8.58. The molecular formula is C21H33N. The minimum absolute atomic E-state index is 0.0580. The third-order valence-corrected chi connectivity index (χ3v) is 6.53. The molecule has 1 aromatic carbocycles. The second-order valence-corrected chi connectivity index (χ2v) is 8.58. The first-order valence-electron chi connectivity index (χ1n) is 8.42. The van der Waals surface area contributed by atoms with Crippen LogP contribution in [0.4, 0.5) is 0 Å². The molecule has 2 rings (SSSR count). The molecule has 0 saturated carbocycles. The van der Waals surface area contributed by atoms with Crippen molar-refractivity contribution in [1.29, 1.82) is 0 Å². The minimum atomic E-state index is 0.0580. The number of aromatic nitrogens is 1. The first kappa shape index (κ1) is 17.1. The van der Waals surface area contributed by atoms with E-state index in [9.17, 15) is 0 Å². The van der Waals surface area contributed by atoms with E-state index in [2.05, 4.69) is 80.7 Å². The van der Waals surface area contributed by atoms with Crippen molar-refractivity contribution in [2.24, 2.45) is 5.41 Å². The lowest BCUT2D eigenvalue weighted by Gasteiger charge is -2.42. The highest BCUT2D eigenvalue weighted by molar-refractivity contribution is 5.93. The third kappa shape index (κ3) is 2.05. The molecule has 0 bridgehead atoms. The van der Waals surface area contributed by atoms with Gasteiger partial charge in [0.25, 0.3) is 0 Å². The highest BCUT2D eigenvalue weighted by Gasteiger charge is 2.37. The molecule has 0 fully saturated rings. The molecule has 0 amide bonds. The topological polar surface area (TPSA) is 4.93 Å². The standard InChI is InChI=1S/C21H33N/c1-12-13(2)15(4)19-18(14(12)3)16(5)17(6)22(19)21(10,11)20(7,8)9/h1-11H3. The highest BCUT2D eigenvalue weighted by Crippen LogP contribution is 2.44. The Morgan fingerprint density at radius 3 is 1.50 bits per heavy atom. The Balaban J connectivity index is 3.10. The van der Waals surface area contributed by atoms with Crippen molar-refractivity contribution in [3.05, 3.63) is 33.5 Å². The van der Waals surface area contributed by atoms with E-state index >= 15 is 0 Å². The maximum atomic E-state index is 2.60. The van der Waals surface area contributed by atoms with Gasteiger partial charge in [-0.2, -0.15) is 0 Å². The van der Waals surface area contributed by atoms with Crippen molar-refractivity contribution in [3.63, 3.8) is 0 Å². The molecule has 1 aromatic heterocycles. The van der Waals surface area contributed by atoms with Gasteiger partial charge in [0, 0.05) is 16.6 Å². The molecule has 122 valence electrons. The van der Waals surface area contributed by atoms with Crippen molar-refractivity contribution in [1.82, 2.24) is 4.57 Å². The molecule has 22 heavy (non-hydrogen) atoms. The second kappa shape index (κ2) is 4.88. The molecule has 0 N–H and O–H groups in total. The lowest BCUT2D eigenvalue weighted by Crippen LogP contribution is -2.40. The van der Waals surface area contributed by atoms with Crippen molar-refractivity contribution < 1.29 is 0 Å². The summed E-state index contributed by atoms with van der Waals surface area (Å²) >= 11 is 0. The zero-order chi connectivity index (χ0) is 17.2. The average molecular weight is 300 g/mol. The van der Waals surface area contributed by atoms with Crippen molar-refractivity contribution in [2.75, 3.05) is 0 Å². The fourth-order valence-corrected chi connectivity index (χ4v) is 3.58. The molecule has 0 radical (unpaired) electrons. The van der Waals surface area contributed by atoms with Gasteiger partial charge in [-0.05, 0) is 88.6 Å². The SMILES string of the molecule is Cc1c(C)c(C)c2c(c1C)c(C)c(C)n2C(C)(C)C(C)(C)C. The molecule has 0 atom stereocenters. The van der Waals surface area contributed by atoms with Gasteiger partial charge in [0.15, 0.2) is 0 Å². The third-order valence-electron chi connectivity index (χ3n) is 6.53. The van der Waals surface area contributed by atoms with Crippen LogP contribution in [-0.4, -0.2) is 4.57 Å². The lowest BCUT2D eigenvalue weighted by molar-refractivity contribution is 0.143. The average Bonchev–Trinajstić information content (AvgIpc) is 2.66. The number of rotatable bonds is 1. The maximum Gasteiger partial charge on any atom is 0.0525 e. The first-order valence-corrected chi connectivity index (χ1v) is 8.42. The number of hydrogen-bond acceptors (Lipinski definition) is 0. The molecule has 0 saturated heterocycles. The van der Waals surface area contributed by atoms with Crippen LogP contribution in [0.25, 0.3) is 10.9 Å². The summed E-state index contributed by atoms with van der Waals surface area (Å²) < 4.78 is 2.60. The van der Waals surface area contributed by atoms with Gasteiger partial charge in [0.1, 0.15) is 0 Å². The fourth-order valence-electron chi connectivity index (χ4n) is 3.58. The summed E-state index contributed by atoms with van der Waals surface area (Å²) in [5.74, 6) is 0. The maximum absolute atomic E-state index is 2.60. The molecule has 2 aromatic rings. The van der Waals surface area contributed by atoms with Crippen LogP contribution in [0.1, 0.15) is 68.1 Å². The summed E-state index contributed by atoms with van der Waals surface area (Å²) in [7, 11) is 0. The van der Waals surface area contributed by atoms with Crippen LogP contribution in [0.3, 0.4) is 0 Å². The van der Waals surface area contributed by atoms with Crippen LogP contribution in [0.2, 0.25) is 0 Å². The summed E-state index contributed by atoms with van der Waals surface area (Å²) in [6.07, 6.45) is 0. The number of hydrogen-bond donors (Lipinski definition) is 0. The summed E-state index contributed by atoms with van der Waals surface area (Å²) in [6.45, 7) is 25.5. The Kier molecular flexibility index (Phi) is 3.80. The molecule has 0 aliphatic rings. The molecule has 0 spiro atoms. The van der Waals surface area contributed by atoms with Gasteiger partial charge in [-0.3, -0.25) is 0 Å². The predicted molar refractivity (Wildman–Crippen MR) is 99.1 cm³/mol. The van der Waals surface area contributed by atoms with E-state index in [-0.39, 0.29) is 11.0 Å². The van der Waals surface area contributed by atoms with E-state index in [0.29, 0.717) is 0 Å². The van der Waals surface area contributed by atoms with Gasteiger partial charge in [-0.25, -0.2) is 0 Å². The number of aryl methyl sites for hydroxylation is 3. The summed E-state index contributed by atoms with van der Waals surface area (Å²) in [5, 5.41) is 1.47. The molecule has 1 heteroatoms. The van der Waals surface area contributed by atoms with Crippen LogP contribution < -0.4 is 0 Å². The first-order chi connectivity index (χ1) is 9.84. The van der Waals surface area contributed by atoms with Crippen LogP contribution in [0, 0.1) is 47.0 Å². The van der Waals surface area contributed by atoms with E-state index < -0.39 is 0 Å². The zero-order valence-electron chi connectivity index (χ0n) is 16.4. The van der Waals surface area contributed by atoms with Crippen molar-refractivity contribution >= 4 is 10.9 Å². The molecule has 0 unspecified atom stereocenters. The normalized spacial score (nSPS) is 13.2. The van der Waals surface area contributed by atoms with E-state index in [1.165, 1.54) is 44.4 Å². The van der Waals surface area contributed by atoms with Gasteiger partial charge >= 0.3 is 0 Å². The number of nitrogens with zero attached hydrogens (tertiary/aromatic N) is 1. The highest BCUT2D eigenvalue weighted by atomic mass is 15.1. The van der Waals surface area contributed by atoms with E-state index in [1.54, 1.807) is 0 Å². The zero-order valence-corrected chi connectivity index (χ0v) is 16.4. The van der Waals surface area contributed by atoms with Crippen LogP contribution in [0.5, 0.6) is 0 Å². The quantitative estimate of drug-likeness (QED) is 0.584. The Bertz CT molecular complexity index is 749. The number of fused-ring (bicyclic) bond motifs is 1. The van der Waals surface area contributed by atoms with E-state index in [4.69, 9.17) is 0 Å². The summed E-state index contributed by atoms with van der Waals surface area (Å²) in [6, 6.07) is 0. The summed E-state index contributed by atoms with van der Waals surface area (Å²) in [5.41, 5.74) is 10.3. The van der Waals surface area contributed by atoms with Crippen LogP contribution in [-0.2, 0) is 5.54 Å².